The Labute approximate surface area is 128 Å². The predicted molar refractivity (Wildman–Crippen MR) is 82.7 cm³/mol. The molecule has 0 aliphatic carbocycles. The summed E-state index contributed by atoms with van der Waals surface area (Å²) in [6.07, 6.45) is 0. The molecule has 1 aromatic heterocycles. The van der Waals surface area contributed by atoms with Gasteiger partial charge in [0, 0.05) is 15.4 Å². The van der Waals surface area contributed by atoms with Crippen LogP contribution in [-0.4, -0.2) is 9.97 Å². The maximum absolute atomic E-state index is 6.22. The van der Waals surface area contributed by atoms with Crippen molar-refractivity contribution < 1.29 is 0 Å². The summed E-state index contributed by atoms with van der Waals surface area (Å²) in [5.41, 5.74) is 1.54. The molecule has 0 atom stereocenters. The number of para-hydroxylation sites is 1. The number of nitrogens with zero attached hydrogens (tertiary/aromatic N) is 2. The lowest BCUT2D eigenvalue weighted by Crippen LogP contribution is -1.93. The SMILES string of the molecule is Clc1ccccc1-c1nc(Cl)c2cccc(Br)c2n1. The minimum atomic E-state index is 0.418. The van der Waals surface area contributed by atoms with E-state index >= 15 is 0 Å². The van der Waals surface area contributed by atoms with Crippen molar-refractivity contribution >= 4 is 50.0 Å². The van der Waals surface area contributed by atoms with Gasteiger partial charge in [-0.25, -0.2) is 9.97 Å². The highest BCUT2D eigenvalue weighted by Crippen LogP contribution is 2.31. The number of rotatable bonds is 1. The highest BCUT2D eigenvalue weighted by Gasteiger charge is 2.11. The fraction of sp³-hybridized carbons (Fsp3) is 0. The monoisotopic (exact) mass is 352 g/mol. The second kappa shape index (κ2) is 5.08. The zero-order chi connectivity index (χ0) is 13.4. The summed E-state index contributed by atoms with van der Waals surface area (Å²) in [4.78, 5) is 8.86. The Morgan fingerprint density at radius 1 is 0.895 bits per heavy atom. The van der Waals surface area contributed by atoms with E-state index in [0.29, 0.717) is 16.0 Å². The Bertz CT molecular complexity index is 774. The highest BCUT2D eigenvalue weighted by atomic mass is 79.9. The number of benzene rings is 2. The minimum absolute atomic E-state index is 0.418. The van der Waals surface area contributed by atoms with Crippen LogP contribution < -0.4 is 0 Å². The molecular weight excluding hydrogens is 347 g/mol. The topological polar surface area (TPSA) is 25.8 Å². The van der Waals surface area contributed by atoms with Crippen LogP contribution in [-0.2, 0) is 0 Å². The third-order valence-corrected chi connectivity index (χ3v) is 4.00. The first kappa shape index (κ1) is 12.9. The maximum atomic E-state index is 6.22. The molecule has 19 heavy (non-hydrogen) atoms. The van der Waals surface area contributed by atoms with Crippen molar-refractivity contribution in [1.29, 1.82) is 0 Å². The van der Waals surface area contributed by atoms with E-state index in [4.69, 9.17) is 23.2 Å². The summed E-state index contributed by atoms with van der Waals surface area (Å²) in [5, 5.41) is 1.83. The minimum Gasteiger partial charge on any atom is -0.227 e. The van der Waals surface area contributed by atoms with Gasteiger partial charge in [-0.3, -0.25) is 0 Å². The van der Waals surface area contributed by atoms with Gasteiger partial charge in [0.25, 0.3) is 0 Å². The first-order chi connectivity index (χ1) is 9.16. The van der Waals surface area contributed by atoms with E-state index in [9.17, 15) is 0 Å². The molecule has 2 nitrogen and oxygen atoms in total. The molecule has 5 heteroatoms. The summed E-state index contributed by atoms with van der Waals surface area (Å²) in [6.45, 7) is 0. The van der Waals surface area contributed by atoms with Gasteiger partial charge in [0.1, 0.15) is 5.15 Å². The molecule has 0 radical (unpaired) electrons. The number of hydrogen-bond donors (Lipinski definition) is 0. The van der Waals surface area contributed by atoms with Crippen molar-refractivity contribution in [1.82, 2.24) is 9.97 Å². The van der Waals surface area contributed by atoms with Crippen LogP contribution in [0.4, 0.5) is 0 Å². The van der Waals surface area contributed by atoms with Gasteiger partial charge in [-0.05, 0) is 40.2 Å². The standard InChI is InChI=1S/C14H7BrCl2N2/c15-10-6-3-5-9-12(10)18-14(19-13(9)17)8-4-1-2-7-11(8)16/h1-7H. The smallest absolute Gasteiger partial charge is 0.163 e. The third-order valence-electron chi connectivity index (χ3n) is 2.75. The molecule has 0 bridgehead atoms. The summed E-state index contributed by atoms with van der Waals surface area (Å²) < 4.78 is 0.877. The average Bonchev–Trinajstić information content (AvgIpc) is 2.40. The Hall–Kier alpha value is -1.16. The maximum Gasteiger partial charge on any atom is 0.163 e. The molecule has 0 aliphatic rings. The van der Waals surface area contributed by atoms with Gasteiger partial charge in [0.05, 0.1) is 10.5 Å². The lowest BCUT2D eigenvalue weighted by Gasteiger charge is -2.07. The first-order valence-corrected chi connectivity index (χ1v) is 7.08. The van der Waals surface area contributed by atoms with Crippen molar-refractivity contribution in [3.8, 4) is 11.4 Å². The number of fused-ring (bicyclic) bond motifs is 1. The van der Waals surface area contributed by atoms with Gasteiger partial charge in [-0.15, -0.1) is 0 Å². The van der Waals surface area contributed by atoms with Crippen LogP contribution in [0.3, 0.4) is 0 Å². The second-order valence-corrected chi connectivity index (χ2v) is 5.57. The van der Waals surface area contributed by atoms with Crippen molar-refractivity contribution in [3.63, 3.8) is 0 Å². The molecule has 94 valence electrons. The molecule has 3 rings (SSSR count). The predicted octanol–water partition coefficient (Wildman–Crippen LogP) is 5.37. The zero-order valence-corrected chi connectivity index (χ0v) is 12.7. The summed E-state index contributed by atoms with van der Waals surface area (Å²) >= 11 is 15.9. The Morgan fingerprint density at radius 2 is 1.68 bits per heavy atom. The molecule has 3 aromatic rings. The molecular formula is C14H7BrCl2N2. The second-order valence-electron chi connectivity index (χ2n) is 3.95. The summed E-state index contributed by atoms with van der Waals surface area (Å²) in [5.74, 6) is 0.523. The Morgan fingerprint density at radius 3 is 2.47 bits per heavy atom. The van der Waals surface area contributed by atoms with Gasteiger partial charge < -0.3 is 0 Å². The van der Waals surface area contributed by atoms with Crippen molar-refractivity contribution in [3.05, 3.63) is 57.1 Å². The number of aromatic nitrogens is 2. The van der Waals surface area contributed by atoms with Crippen LogP contribution in [0.25, 0.3) is 22.3 Å². The normalized spacial score (nSPS) is 10.9. The van der Waals surface area contributed by atoms with Gasteiger partial charge in [-0.2, -0.15) is 0 Å². The van der Waals surface area contributed by atoms with E-state index in [2.05, 4.69) is 25.9 Å². The molecule has 0 spiro atoms. The molecule has 0 aliphatic heterocycles. The van der Waals surface area contributed by atoms with Crippen molar-refractivity contribution in [2.45, 2.75) is 0 Å². The molecule has 1 heterocycles. The van der Waals surface area contributed by atoms with Crippen LogP contribution in [0, 0.1) is 0 Å². The van der Waals surface area contributed by atoms with E-state index in [1.54, 1.807) is 6.07 Å². The lowest BCUT2D eigenvalue weighted by atomic mass is 10.2. The number of hydrogen-bond acceptors (Lipinski definition) is 2. The molecule has 0 saturated carbocycles. The van der Waals surface area contributed by atoms with Gasteiger partial charge in [0.15, 0.2) is 5.82 Å². The number of halogens is 3. The van der Waals surface area contributed by atoms with Gasteiger partial charge >= 0.3 is 0 Å². The highest BCUT2D eigenvalue weighted by molar-refractivity contribution is 9.10. The quantitative estimate of drug-likeness (QED) is 0.550. The van der Waals surface area contributed by atoms with E-state index in [1.807, 2.05) is 36.4 Å². The van der Waals surface area contributed by atoms with Crippen LogP contribution in [0.1, 0.15) is 0 Å². The van der Waals surface area contributed by atoms with Crippen molar-refractivity contribution in [2.24, 2.45) is 0 Å². The first-order valence-electron chi connectivity index (χ1n) is 5.53. The van der Waals surface area contributed by atoms with Gasteiger partial charge in [0.2, 0.25) is 0 Å². The molecule has 0 fully saturated rings. The fourth-order valence-corrected chi connectivity index (χ4v) is 2.75. The summed E-state index contributed by atoms with van der Waals surface area (Å²) in [6, 6.07) is 13.1. The van der Waals surface area contributed by atoms with Crippen LogP contribution in [0.2, 0.25) is 10.2 Å². The Balaban J connectivity index is 2.33. The zero-order valence-electron chi connectivity index (χ0n) is 9.57. The van der Waals surface area contributed by atoms with E-state index in [-0.39, 0.29) is 0 Å². The van der Waals surface area contributed by atoms with Gasteiger partial charge in [-0.1, -0.05) is 41.4 Å². The lowest BCUT2D eigenvalue weighted by molar-refractivity contribution is 1.22. The Kier molecular flexibility index (Phi) is 3.44. The van der Waals surface area contributed by atoms with Crippen LogP contribution >= 0.6 is 39.1 Å². The molecule has 0 saturated heterocycles. The van der Waals surface area contributed by atoms with Crippen LogP contribution in [0.5, 0.6) is 0 Å². The van der Waals surface area contributed by atoms with Crippen molar-refractivity contribution in [2.75, 3.05) is 0 Å². The third kappa shape index (κ3) is 2.34. The van der Waals surface area contributed by atoms with Crippen LogP contribution in [0.15, 0.2) is 46.9 Å². The molecule has 0 amide bonds. The van der Waals surface area contributed by atoms with E-state index in [0.717, 1.165) is 20.9 Å². The molecule has 0 unspecified atom stereocenters. The summed E-state index contributed by atoms with van der Waals surface area (Å²) in [7, 11) is 0. The van der Waals surface area contributed by atoms with E-state index < -0.39 is 0 Å². The average molecular weight is 354 g/mol. The molecule has 2 aromatic carbocycles. The fourth-order valence-electron chi connectivity index (χ4n) is 1.84. The largest absolute Gasteiger partial charge is 0.227 e. The van der Waals surface area contributed by atoms with E-state index in [1.165, 1.54) is 0 Å². The molecule has 0 N–H and O–H groups in total.